The minimum atomic E-state index is 0.653. The third-order valence-corrected chi connectivity index (χ3v) is 2.66. The van der Waals surface area contributed by atoms with Crippen molar-refractivity contribution in [2.45, 2.75) is 6.92 Å². The second-order valence-electron chi connectivity index (χ2n) is 2.67. The standard InChI is InChI=1S/C10H10N2OS/c1-2-13-10-12-7-9(14-10)8-4-3-5-11-6-8/h3-7H,2H2,1H3. The van der Waals surface area contributed by atoms with E-state index < -0.39 is 0 Å². The molecule has 0 fully saturated rings. The predicted octanol–water partition coefficient (Wildman–Crippen LogP) is 2.60. The van der Waals surface area contributed by atoms with Gasteiger partial charge in [-0.05, 0) is 13.0 Å². The molecule has 0 unspecified atom stereocenters. The van der Waals surface area contributed by atoms with Crippen LogP contribution in [0.25, 0.3) is 10.4 Å². The van der Waals surface area contributed by atoms with Gasteiger partial charge in [0.25, 0.3) is 5.19 Å². The molecule has 0 radical (unpaired) electrons. The topological polar surface area (TPSA) is 35.0 Å². The summed E-state index contributed by atoms with van der Waals surface area (Å²) in [7, 11) is 0. The van der Waals surface area contributed by atoms with Crippen LogP contribution in [-0.2, 0) is 0 Å². The fourth-order valence-corrected chi connectivity index (χ4v) is 1.90. The first-order valence-electron chi connectivity index (χ1n) is 4.39. The van der Waals surface area contributed by atoms with Crippen molar-refractivity contribution in [3.05, 3.63) is 30.7 Å². The maximum atomic E-state index is 5.29. The van der Waals surface area contributed by atoms with Gasteiger partial charge in [-0.3, -0.25) is 4.98 Å². The summed E-state index contributed by atoms with van der Waals surface area (Å²) >= 11 is 1.54. The zero-order valence-electron chi connectivity index (χ0n) is 7.80. The van der Waals surface area contributed by atoms with E-state index in [4.69, 9.17) is 4.74 Å². The number of rotatable bonds is 3. The van der Waals surface area contributed by atoms with Crippen LogP contribution in [0.5, 0.6) is 5.19 Å². The molecule has 0 aromatic carbocycles. The highest BCUT2D eigenvalue weighted by atomic mass is 32.1. The first kappa shape index (κ1) is 9.15. The third kappa shape index (κ3) is 1.90. The lowest BCUT2D eigenvalue weighted by molar-refractivity contribution is 0.338. The summed E-state index contributed by atoms with van der Waals surface area (Å²) in [6, 6.07) is 3.92. The molecule has 0 aliphatic rings. The quantitative estimate of drug-likeness (QED) is 0.774. The molecule has 0 spiro atoms. The Labute approximate surface area is 86.4 Å². The van der Waals surface area contributed by atoms with Gasteiger partial charge in [0, 0.05) is 24.2 Å². The second-order valence-corrected chi connectivity index (χ2v) is 3.66. The van der Waals surface area contributed by atoms with Crippen molar-refractivity contribution in [1.29, 1.82) is 0 Å². The molecule has 0 atom stereocenters. The van der Waals surface area contributed by atoms with E-state index in [-0.39, 0.29) is 0 Å². The molecule has 0 aliphatic heterocycles. The molecule has 72 valence electrons. The number of nitrogens with zero attached hydrogens (tertiary/aromatic N) is 2. The Morgan fingerprint density at radius 2 is 2.36 bits per heavy atom. The van der Waals surface area contributed by atoms with Gasteiger partial charge in [0.2, 0.25) is 0 Å². The van der Waals surface area contributed by atoms with Crippen LogP contribution in [0.15, 0.2) is 30.7 Å². The molecule has 0 bridgehead atoms. The Hall–Kier alpha value is -1.42. The molecular formula is C10H10N2OS. The van der Waals surface area contributed by atoms with Crippen LogP contribution in [0.2, 0.25) is 0 Å². The van der Waals surface area contributed by atoms with Crippen molar-refractivity contribution >= 4 is 11.3 Å². The van der Waals surface area contributed by atoms with Crippen LogP contribution < -0.4 is 4.74 Å². The molecule has 2 aromatic rings. The summed E-state index contributed by atoms with van der Waals surface area (Å²) in [5.74, 6) is 0. The van der Waals surface area contributed by atoms with E-state index in [1.54, 1.807) is 6.20 Å². The van der Waals surface area contributed by atoms with E-state index in [9.17, 15) is 0 Å². The van der Waals surface area contributed by atoms with Crippen LogP contribution in [0.1, 0.15) is 6.92 Å². The van der Waals surface area contributed by atoms with Gasteiger partial charge < -0.3 is 4.74 Å². The maximum Gasteiger partial charge on any atom is 0.273 e. The minimum Gasteiger partial charge on any atom is -0.470 e. The highest BCUT2D eigenvalue weighted by Crippen LogP contribution is 2.29. The predicted molar refractivity (Wildman–Crippen MR) is 56.5 cm³/mol. The summed E-state index contributed by atoms with van der Waals surface area (Å²) in [5.41, 5.74) is 1.08. The van der Waals surface area contributed by atoms with Gasteiger partial charge in [-0.2, -0.15) is 0 Å². The normalized spacial score (nSPS) is 10.1. The number of ether oxygens (including phenoxy) is 1. The van der Waals surface area contributed by atoms with Crippen LogP contribution >= 0.6 is 11.3 Å². The third-order valence-electron chi connectivity index (χ3n) is 1.70. The number of hydrogen-bond acceptors (Lipinski definition) is 4. The molecule has 2 rings (SSSR count). The first-order valence-corrected chi connectivity index (χ1v) is 5.21. The average Bonchev–Trinajstić information content (AvgIpc) is 2.68. The molecule has 2 aromatic heterocycles. The van der Waals surface area contributed by atoms with E-state index in [0.717, 1.165) is 10.4 Å². The van der Waals surface area contributed by atoms with Gasteiger partial charge in [0.05, 0.1) is 11.5 Å². The number of hydrogen-bond donors (Lipinski definition) is 0. The van der Waals surface area contributed by atoms with E-state index in [1.807, 2.05) is 31.5 Å². The molecular weight excluding hydrogens is 196 g/mol. The lowest BCUT2D eigenvalue weighted by atomic mass is 10.3. The van der Waals surface area contributed by atoms with Gasteiger partial charge in [-0.1, -0.05) is 17.4 Å². The SMILES string of the molecule is CCOc1ncc(-c2cccnc2)s1. The summed E-state index contributed by atoms with van der Waals surface area (Å²) in [4.78, 5) is 9.29. The summed E-state index contributed by atoms with van der Waals surface area (Å²) in [6.45, 7) is 2.60. The Morgan fingerprint density at radius 1 is 1.43 bits per heavy atom. The lowest BCUT2D eigenvalue weighted by Gasteiger charge is -1.94. The molecule has 0 amide bonds. The van der Waals surface area contributed by atoms with E-state index in [1.165, 1.54) is 11.3 Å². The van der Waals surface area contributed by atoms with Gasteiger partial charge >= 0.3 is 0 Å². The van der Waals surface area contributed by atoms with Crippen LogP contribution in [0, 0.1) is 0 Å². The average molecular weight is 206 g/mol. The molecule has 0 N–H and O–H groups in total. The van der Waals surface area contributed by atoms with Crippen molar-refractivity contribution in [2.24, 2.45) is 0 Å². The number of pyridine rings is 1. The highest BCUT2D eigenvalue weighted by molar-refractivity contribution is 7.16. The van der Waals surface area contributed by atoms with Crippen molar-refractivity contribution in [3.63, 3.8) is 0 Å². The zero-order valence-corrected chi connectivity index (χ0v) is 8.62. The zero-order chi connectivity index (χ0) is 9.80. The monoisotopic (exact) mass is 206 g/mol. The lowest BCUT2D eigenvalue weighted by Crippen LogP contribution is -1.88. The Balaban J connectivity index is 2.25. The summed E-state index contributed by atoms with van der Waals surface area (Å²) < 4.78 is 5.29. The van der Waals surface area contributed by atoms with Crippen LogP contribution in [0.3, 0.4) is 0 Å². The fourth-order valence-electron chi connectivity index (χ4n) is 1.09. The molecule has 4 heteroatoms. The van der Waals surface area contributed by atoms with Crippen molar-refractivity contribution < 1.29 is 4.74 Å². The first-order chi connectivity index (χ1) is 6.90. The highest BCUT2D eigenvalue weighted by Gasteiger charge is 2.03. The molecule has 0 saturated heterocycles. The molecule has 0 saturated carbocycles. The van der Waals surface area contributed by atoms with Crippen molar-refractivity contribution in [3.8, 4) is 15.6 Å². The van der Waals surface area contributed by atoms with Gasteiger partial charge in [0.1, 0.15) is 0 Å². The van der Waals surface area contributed by atoms with Crippen LogP contribution in [-0.4, -0.2) is 16.6 Å². The van der Waals surface area contributed by atoms with E-state index >= 15 is 0 Å². The second kappa shape index (κ2) is 4.19. The van der Waals surface area contributed by atoms with Gasteiger partial charge in [0.15, 0.2) is 0 Å². The molecule has 2 heterocycles. The summed E-state index contributed by atoms with van der Waals surface area (Å²) in [5, 5.41) is 0.714. The van der Waals surface area contributed by atoms with E-state index in [2.05, 4.69) is 9.97 Å². The smallest absolute Gasteiger partial charge is 0.273 e. The summed E-state index contributed by atoms with van der Waals surface area (Å²) in [6.07, 6.45) is 5.39. The number of thiazole rings is 1. The largest absolute Gasteiger partial charge is 0.470 e. The van der Waals surface area contributed by atoms with Gasteiger partial charge in [-0.25, -0.2) is 4.98 Å². The van der Waals surface area contributed by atoms with Crippen molar-refractivity contribution in [2.75, 3.05) is 6.61 Å². The van der Waals surface area contributed by atoms with Crippen LogP contribution in [0.4, 0.5) is 0 Å². The molecule has 0 aliphatic carbocycles. The Bertz CT molecular complexity index is 400. The van der Waals surface area contributed by atoms with Crippen molar-refractivity contribution in [1.82, 2.24) is 9.97 Å². The Kier molecular flexibility index (Phi) is 2.74. The maximum absolute atomic E-state index is 5.29. The fraction of sp³-hybridized carbons (Fsp3) is 0.200. The van der Waals surface area contributed by atoms with Gasteiger partial charge in [-0.15, -0.1) is 0 Å². The molecule has 3 nitrogen and oxygen atoms in total. The minimum absolute atomic E-state index is 0.653. The molecule has 14 heavy (non-hydrogen) atoms. The van der Waals surface area contributed by atoms with E-state index in [0.29, 0.717) is 11.8 Å². The number of aromatic nitrogens is 2. The Morgan fingerprint density at radius 3 is 3.07 bits per heavy atom.